The van der Waals surface area contributed by atoms with Crippen LogP contribution in [-0.2, 0) is 0 Å². The first-order chi connectivity index (χ1) is 9.70. The number of fused-ring (bicyclic) bond motifs is 1. The molecule has 0 amide bonds. The first kappa shape index (κ1) is 12.5. The average molecular weight is 270 g/mol. The third kappa shape index (κ3) is 1.99. The van der Waals surface area contributed by atoms with Crippen molar-refractivity contribution in [1.82, 2.24) is 4.98 Å². The minimum atomic E-state index is -0.532. The van der Waals surface area contributed by atoms with Crippen molar-refractivity contribution in [2.75, 3.05) is 12.4 Å². The number of hydrogen-bond donors (Lipinski definition) is 1. The number of rotatable bonds is 2. The highest BCUT2D eigenvalue weighted by Gasteiger charge is 2.14. The van der Waals surface area contributed by atoms with Gasteiger partial charge in [-0.25, -0.2) is 13.8 Å². The van der Waals surface area contributed by atoms with Gasteiger partial charge in [0, 0.05) is 18.3 Å². The molecule has 2 aromatic carbocycles. The fourth-order valence-electron chi connectivity index (χ4n) is 2.22. The highest BCUT2D eigenvalue weighted by Crippen LogP contribution is 2.31. The number of pyridine rings is 1. The van der Waals surface area contributed by atoms with E-state index in [4.69, 9.17) is 0 Å². The number of nitrogens with zero attached hydrogens (tertiary/aromatic N) is 1. The summed E-state index contributed by atoms with van der Waals surface area (Å²) in [6.45, 7) is 0. The fraction of sp³-hybridized carbons (Fsp3) is 0.0625. The molecule has 0 fully saturated rings. The van der Waals surface area contributed by atoms with E-state index in [1.165, 1.54) is 0 Å². The van der Waals surface area contributed by atoms with Gasteiger partial charge in [0.25, 0.3) is 0 Å². The Morgan fingerprint density at radius 1 is 0.950 bits per heavy atom. The lowest BCUT2D eigenvalue weighted by molar-refractivity contribution is 0.615. The summed E-state index contributed by atoms with van der Waals surface area (Å²) in [6.07, 6.45) is 0. The summed E-state index contributed by atoms with van der Waals surface area (Å²) in [5, 5.41) is 3.07. The first-order valence-electron chi connectivity index (χ1n) is 6.22. The summed E-state index contributed by atoms with van der Waals surface area (Å²) in [4.78, 5) is 4.26. The molecule has 0 atom stereocenters. The molecule has 0 saturated carbocycles. The lowest BCUT2D eigenvalue weighted by Crippen LogP contribution is -1.97. The maximum Gasteiger partial charge on any atom is 0.149 e. The molecule has 0 radical (unpaired) electrons. The Kier molecular flexibility index (Phi) is 3.06. The minimum absolute atomic E-state index is 0.0377. The zero-order chi connectivity index (χ0) is 14.1. The molecule has 0 spiro atoms. The van der Waals surface area contributed by atoms with E-state index in [0.29, 0.717) is 11.4 Å². The molecule has 4 heteroatoms. The van der Waals surface area contributed by atoms with Crippen molar-refractivity contribution < 1.29 is 8.78 Å². The van der Waals surface area contributed by atoms with Crippen LogP contribution >= 0.6 is 0 Å². The number of benzene rings is 2. The van der Waals surface area contributed by atoms with Gasteiger partial charge in [-0.2, -0.15) is 0 Å². The molecule has 2 nitrogen and oxygen atoms in total. The summed E-state index contributed by atoms with van der Waals surface area (Å²) < 4.78 is 27.8. The van der Waals surface area contributed by atoms with Crippen molar-refractivity contribution in [2.24, 2.45) is 0 Å². The summed E-state index contributed by atoms with van der Waals surface area (Å²) >= 11 is 0. The number of aromatic nitrogens is 1. The molecule has 0 unspecified atom stereocenters. The standard InChI is InChI=1S/C16H12F2N2/c1-19-14-9-13(10-5-3-2-4-6-10)20-16-12(18)8-7-11(17)15(14)16/h2-9H,1H3,(H,19,20). The van der Waals surface area contributed by atoms with E-state index < -0.39 is 11.6 Å². The van der Waals surface area contributed by atoms with Crippen molar-refractivity contribution in [3.05, 3.63) is 60.2 Å². The van der Waals surface area contributed by atoms with Gasteiger partial charge in [0.05, 0.1) is 11.1 Å². The lowest BCUT2D eigenvalue weighted by atomic mass is 10.1. The monoisotopic (exact) mass is 270 g/mol. The predicted octanol–water partition coefficient (Wildman–Crippen LogP) is 4.22. The molecule has 0 aliphatic carbocycles. The smallest absolute Gasteiger partial charge is 0.149 e. The molecule has 0 aliphatic rings. The van der Waals surface area contributed by atoms with E-state index in [-0.39, 0.29) is 10.9 Å². The van der Waals surface area contributed by atoms with Gasteiger partial charge in [0.1, 0.15) is 17.2 Å². The Morgan fingerprint density at radius 3 is 2.35 bits per heavy atom. The molecule has 1 N–H and O–H groups in total. The molecule has 0 saturated heterocycles. The molecular formula is C16H12F2N2. The first-order valence-corrected chi connectivity index (χ1v) is 6.22. The molecule has 0 bridgehead atoms. The molecule has 20 heavy (non-hydrogen) atoms. The van der Waals surface area contributed by atoms with Crippen LogP contribution in [0.3, 0.4) is 0 Å². The van der Waals surface area contributed by atoms with Gasteiger partial charge in [-0.3, -0.25) is 0 Å². The summed E-state index contributed by atoms with van der Waals surface area (Å²) in [5.74, 6) is -1.02. The number of nitrogens with one attached hydrogen (secondary N) is 1. The molecular weight excluding hydrogens is 258 g/mol. The Labute approximate surface area is 115 Å². The normalized spacial score (nSPS) is 10.8. The van der Waals surface area contributed by atoms with E-state index in [9.17, 15) is 8.78 Å². The van der Waals surface area contributed by atoms with E-state index in [1.54, 1.807) is 13.1 Å². The van der Waals surface area contributed by atoms with Gasteiger partial charge in [-0.1, -0.05) is 30.3 Å². The molecule has 1 heterocycles. The quantitative estimate of drug-likeness (QED) is 0.754. The topological polar surface area (TPSA) is 24.9 Å². The van der Waals surface area contributed by atoms with Gasteiger partial charge in [0.15, 0.2) is 0 Å². The van der Waals surface area contributed by atoms with Crippen LogP contribution in [0.15, 0.2) is 48.5 Å². The zero-order valence-electron chi connectivity index (χ0n) is 10.8. The van der Waals surface area contributed by atoms with E-state index in [0.717, 1.165) is 17.7 Å². The van der Waals surface area contributed by atoms with Gasteiger partial charge in [0.2, 0.25) is 0 Å². The third-order valence-corrected chi connectivity index (χ3v) is 3.20. The Hall–Kier alpha value is -2.49. The van der Waals surface area contributed by atoms with Gasteiger partial charge < -0.3 is 5.32 Å². The Morgan fingerprint density at radius 2 is 1.65 bits per heavy atom. The molecule has 1 aromatic heterocycles. The zero-order valence-corrected chi connectivity index (χ0v) is 10.8. The molecule has 3 aromatic rings. The summed E-state index contributed by atoms with van der Waals surface area (Å²) in [6, 6.07) is 13.3. The molecule has 3 rings (SSSR count). The van der Waals surface area contributed by atoms with Crippen molar-refractivity contribution in [1.29, 1.82) is 0 Å². The second-order valence-electron chi connectivity index (χ2n) is 4.42. The van der Waals surface area contributed by atoms with Crippen LogP contribution in [0.2, 0.25) is 0 Å². The SMILES string of the molecule is CNc1cc(-c2ccccc2)nc2c(F)ccc(F)c12. The predicted molar refractivity (Wildman–Crippen MR) is 76.6 cm³/mol. The lowest BCUT2D eigenvalue weighted by Gasteiger charge is -2.10. The maximum atomic E-state index is 13.9. The van der Waals surface area contributed by atoms with Crippen LogP contribution in [0, 0.1) is 11.6 Å². The largest absolute Gasteiger partial charge is 0.387 e. The summed E-state index contributed by atoms with van der Waals surface area (Å²) in [7, 11) is 1.67. The second-order valence-corrected chi connectivity index (χ2v) is 4.42. The van der Waals surface area contributed by atoms with Crippen molar-refractivity contribution >= 4 is 16.6 Å². The Bertz CT molecular complexity index is 770. The fourth-order valence-corrected chi connectivity index (χ4v) is 2.22. The van der Waals surface area contributed by atoms with Crippen LogP contribution in [0.5, 0.6) is 0 Å². The minimum Gasteiger partial charge on any atom is -0.387 e. The highest BCUT2D eigenvalue weighted by atomic mass is 19.1. The molecule has 0 aliphatic heterocycles. The van der Waals surface area contributed by atoms with Gasteiger partial charge in [-0.15, -0.1) is 0 Å². The van der Waals surface area contributed by atoms with Crippen molar-refractivity contribution in [3.63, 3.8) is 0 Å². The van der Waals surface area contributed by atoms with Crippen molar-refractivity contribution in [2.45, 2.75) is 0 Å². The second kappa shape index (κ2) is 4.89. The number of anilines is 1. The van der Waals surface area contributed by atoms with Crippen LogP contribution in [-0.4, -0.2) is 12.0 Å². The van der Waals surface area contributed by atoms with E-state index in [1.807, 2.05) is 30.3 Å². The van der Waals surface area contributed by atoms with Crippen LogP contribution in [0.4, 0.5) is 14.5 Å². The highest BCUT2D eigenvalue weighted by molar-refractivity contribution is 5.94. The van der Waals surface area contributed by atoms with E-state index >= 15 is 0 Å². The van der Waals surface area contributed by atoms with Crippen molar-refractivity contribution in [3.8, 4) is 11.3 Å². The third-order valence-electron chi connectivity index (χ3n) is 3.20. The van der Waals surface area contributed by atoms with Gasteiger partial charge in [-0.05, 0) is 18.2 Å². The van der Waals surface area contributed by atoms with Crippen LogP contribution in [0.25, 0.3) is 22.2 Å². The number of halogens is 2. The molecule has 100 valence electrons. The number of hydrogen-bond acceptors (Lipinski definition) is 2. The Balaban J connectivity index is 2.35. The van der Waals surface area contributed by atoms with E-state index in [2.05, 4.69) is 10.3 Å². The maximum absolute atomic E-state index is 13.9. The summed E-state index contributed by atoms with van der Waals surface area (Å²) in [5.41, 5.74) is 2.02. The average Bonchev–Trinajstić information content (AvgIpc) is 2.51. The van der Waals surface area contributed by atoms with Crippen LogP contribution < -0.4 is 5.32 Å². The van der Waals surface area contributed by atoms with Crippen LogP contribution in [0.1, 0.15) is 0 Å². The van der Waals surface area contributed by atoms with Gasteiger partial charge >= 0.3 is 0 Å².